The average molecular weight is 231 g/mol. The van der Waals surface area contributed by atoms with Gasteiger partial charge in [0.15, 0.2) is 0 Å². The minimum atomic E-state index is -4.55. The third kappa shape index (κ3) is 3.95. The van der Waals surface area contributed by atoms with Crippen LogP contribution in [0.2, 0.25) is 0 Å². The summed E-state index contributed by atoms with van der Waals surface area (Å²) in [6.07, 6.45) is -4.55. The summed E-state index contributed by atoms with van der Waals surface area (Å²) in [4.78, 5) is 3.43. The van der Waals surface area contributed by atoms with Crippen molar-refractivity contribution in [3.8, 4) is 0 Å². The van der Waals surface area contributed by atoms with Crippen molar-refractivity contribution in [3.05, 3.63) is 23.4 Å². The summed E-state index contributed by atoms with van der Waals surface area (Å²) in [6.45, 7) is 1.30. The Morgan fingerprint density at radius 3 is 2.33 bits per heavy atom. The topological polar surface area (TPSA) is 53.0 Å². The first-order chi connectivity index (χ1) is 6.30. The Kier molecular flexibility index (Phi) is 5.00. The maximum atomic E-state index is 12.2. The predicted octanol–water partition coefficient (Wildman–Crippen LogP) is -1.35. The molecule has 0 bridgehead atoms. The molecule has 1 atom stereocenters. The molecule has 0 spiro atoms. The molecule has 0 aliphatic heterocycles. The third-order valence-corrected chi connectivity index (χ3v) is 1.98. The quantitative estimate of drug-likeness (QED) is 0.443. The molecule has 0 aromatic carbocycles. The number of nitrogens with zero attached hydrogens (tertiary/aromatic N) is 1. The Bertz CT molecular complexity index is 383. The summed E-state index contributed by atoms with van der Waals surface area (Å²) < 4.78 is 57.4. The Balaban J connectivity index is 0.00000196. The van der Waals surface area contributed by atoms with E-state index in [0.29, 0.717) is 6.07 Å². The number of hydrogen-bond acceptors (Lipinski definition) is 3. The van der Waals surface area contributed by atoms with Gasteiger partial charge in [0, 0.05) is 5.69 Å². The molecule has 78 valence electrons. The van der Waals surface area contributed by atoms with Gasteiger partial charge in [0.25, 0.3) is 0 Å². The summed E-state index contributed by atoms with van der Waals surface area (Å²) in [6, 6.07) is 1.28. The first kappa shape index (κ1) is 14.6. The van der Waals surface area contributed by atoms with Crippen LogP contribution in [0.4, 0.5) is 13.2 Å². The Hall–Kier alpha value is -0.353. The van der Waals surface area contributed by atoms with Gasteiger partial charge < -0.3 is 4.55 Å². The zero-order valence-corrected chi connectivity index (χ0v) is 8.78. The largest absolute Gasteiger partial charge is 1.00 e. The molecular weight excluding hydrogens is 226 g/mol. The fourth-order valence-electron chi connectivity index (χ4n) is 0.887. The summed E-state index contributed by atoms with van der Waals surface area (Å²) in [5, 5.41) is -0.600. The van der Waals surface area contributed by atoms with Crippen molar-refractivity contribution >= 4 is 11.1 Å². The number of halogens is 3. The van der Waals surface area contributed by atoms with Gasteiger partial charge in [-0.25, -0.2) is 4.98 Å². The van der Waals surface area contributed by atoms with Crippen LogP contribution >= 0.6 is 0 Å². The molecule has 8 heteroatoms. The summed E-state index contributed by atoms with van der Waals surface area (Å²) in [5.74, 6) is 0. The monoisotopic (exact) mass is 231 g/mol. The standard InChI is InChI=1S/C7H6F3NO2S.Li/c1-4-2-5(7(8,9)10)3-6(11-4)14(12)13;/h2-3H,1H3,(H,12,13);/q;+1/p-1. The number of hydrogen-bond donors (Lipinski definition) is 0. The van der Waals surface area contributed by atoms with E-state index in [1.54, 1.807) is 0 Å². The molecule has 0 radical (unpaired) electrons. The van der Waals surface area contributed by atoms with E-state index in [1.807, 2.05) is 0 Å². The van der Waals surface area contributed by atoms with Gasteiger partial charge >= 0.3 is 25.0 Å². The van der Waals surface area contributed by atoms with Crippen LogP contribution in [0.5, 0.6) is 0 Å². The molecule has 0 aliphatic rings. The van der Waals surface area contributed by atoms with Crippen molar-refractivity contribution in [1.82, 2.24) is 4.98 Å². The molecule has 1 rings (SSSR count). The van der Waals surface area contributed by atoms with Crippen molar-refractivity contribution in [2.75, 3.05) is 0 Å². The van der Waals surface area contributed by atoms with Crippen molar-refractivity contribution in [1.29, 1.82) is 0 Å². The SMILES string of the molecule is Cc1cc(C(F)(F)F)cc(S(=O)[O-])n1.[Li+]. The summed E-state index contributed by atoms with van der Waals surface area (Å²) in [5.41, 5.74) is -0.997. The zero-order chi connectivity index (χ0) is 10.9. The molecule has 0 aliphatic carbocycles. The van der Waals surface area contributed by atoms with Crippen LogP contribution < -0.4 is 18.9 Å². The van der Waals surface area contributed by atoms with Crippen LogP contribution in [0, 0.1) is 6.92 Å². The number of rotatable bonds is 1. The van der Waals surface area contributed by atoms with Crippen LogP contribution in [0.1, 0.15) is 11.3 Å². The van der Waals surface area contributed by atoms with Gasteiger partial charge in [0.2, 0.25) is 0 Å². The van der Waals surface area contributed by atoms with E-state index in [2.05, 4.69) is 4.98 Å². The molecule has 0 saturated heterocycles. The van der Waals surface area contributed by atoms with Crippen LogP contribution in [-0.4, -0.2) is 13.7 Å². The number of pyridine rings is 1. The maximum absolute atomic E-state index is 12.2. The molecule has 0 N–H and O–H groups in total. The predicted molar refractivity (Wildman–Crippen MR) is 41.2 cm³/mol. The molecule has 1 unspecified atom stereocenters. The Labute approximate surface area is 98.6 Å². The normalized spacial score (nSPS) is 13.1. The second kappa shape index (κ2) is 5.12. The van der Waals surface area contributed by atoms with E-state index in [9.17, 15) is 21.9 Å². The van der Waals surface area contributed by atoms with Crippen molar-refractivity contribution in [3.63, 3.8) is 0 Å². The van der Waals surface area contributed by atoms with E-state index < -0.39 is 27.8 Å². The fraction of sp³-hybridized carbons (Fsp3) is 0.286. The first-order valence-electron chi connectivity index (χ1n) is 3.46. The van der Waals surface area contributed by atoms with Crippen LogP contribution in [0.3, 0.4) is 0 Å². The van der Waals surface area contributed by atoms with E-state index in [4.69, 9.17) is 0 Å². The molecule has 1 aromatic heterocycles. The minimum Gasteiger partial charge on any atom is -0.767 e. The van der Waals surface area contributed by atoms with Gasteiger partial charge in [0.1, 0.15) is 5.03 Å². The third-order valence-electron chi connectivity index (χ3n) is 1.43. The first-order valence-corrected chi connectivity index (χ1v) is 4.53. The van der Waals surface area contributed by atoms with Gasteiger partial charge in [-0.15, -0.1) is 0 Å². The van der Waals surface area contributed by atoms with E-state index >= 15 is 0 Å². The smallest absolute Gasteiger partial charge is 0.767 e. The number of aromatic nitrogens is 1. The minimum absolute atomic E-state index is 0. The van der Waals surface area contributed by atoms with E-state index in [0.717, 1.165) is 6.07 Å². The van der Waals surface area contributed by atoms with Crippen molar-refractivity contribution in [2.45, 2.75) is 18.1 Å². The average Bonchev–Trinajstić information content (AvgIpc) is 2.01. The Morgan fingerprint density at radius 2 is 1.93 bits per heavy atom. The second-order valence-electron chi connectivity index (χ2n) is 2.57. The van der Waals surface area contributed by atoms with Gasteiger partial charge in [-0.1, -0.05) is 0 Å². The summed E-state index contributed by atoms with van der Waals surface area (Å²) >= 11 is -2.75. The van der Waals surface area contributed by atoms with E-state index in [1.165, 1.54) is 6.92 Å². The van der Waals surface area contributed by atoms with Gasteiger partial charge in [-0.2, -0.15) is 13.2 Å². The fourth-order valence-corrected chi connectivity index (χ4v) is 1.33. The van der Waals surface area contributed by atoms with Gasteiger partial charge in [0.05, 0.1) is 5.56 Å². The maximum Gasteiger partial charge on any atom is 1.00 e. The molecule has 15 heavy (non-hydrogen) atoms. The molecular formula is C7H5F3LiNO2S. The van der Waals surface area contributed by atoms with Gasteiger partial charge in [-0.3, -0.25) is 4.21 Å². The molecule has 1 heterocycles. The molecule has 1 aromatic rings. The zero-order valence-electron chi connectivity index (χ0n) is 7.96. The van der Waals surface area contributed by atoms with E-state index in [-0.39, 0.29) is 24.6 Å². The molecule has 3 nitrogen and oxygen atoms in total. The number of aryl methyl sites for hydroxylation is 1. The van der Waals surface area contributed by atoms with Crippen molar-refractivity contribution in [2.24, 2.45) is 0 Å². The van der Waals surface area contributed by atoms with Crippen LogP contribution in [0.25, 0.3) is 0 Å². The van der Waals surface area contributed by atoms with Crippen LogP contribution in [-0.2, 0) is 17.3 Å². The second-order valence-corrected chi connectivity index (χ2v) is 3.46. The van der Waals surface area contributed by atoms with Crippen molar-refractivity contribution < 1.29 is 40.8 Å². The molecule has 0 amide bonds. The van der Waals surface area contributed by atoms with Crippen LogP contribution in [0.15, 0.2) is 17.2 Å². The molecule has 0 saturated carbocycles. The summed E-state index contributed by atoms with van der Waals surface area (Å²) in [7, 11) is 0. The molecule has 0 fully saturated rings. The Morgan fingerprint density at radius 1 is 1.40 bits per heavy atom. The number of alkyl halides is 3. The van der Waals surface area contributed by atoms with Gasteiger partial charge in [-0.05, 0) is 30.1 Å².